The number of likely N-dealkylation sites (tertiary alicyclic amines) is 1. The molecule has 1 aliphatic carbocycles. The van der Waals surface area contributed by atoms with Gasteiger partial charge in [0, 0.05) is 23.7 Å². The smallest absolute Gasteiger partial charge is 0.239 e. The summed E-state index contributed by atoms with van der Waals surface area (Å²) in [6.07, 6.45) is 3.82. The average Bonchev–Trinajstić information content (AvgIpc) is 3.26. The van der Waals surface area contributed by atoms with E-state index in [-0.39, 0.29) is 5.91 Å². The number of anilines is 1. The number of aromatic nitrogens is 2. The summed E-state index contributed by atoms with van der Waals surface area (Å²) in [5, 5.41) is 8.24. The van der Waals surface area contributed by atoms with Crippen LogP contribution in [0.15, 0.2) is 30.3 Å². The Bertz CT molecular complexity index is 787. The van der Waals surface area contributed by atoms with E-state index in [1.165, 1.54) is 19.3 Å². The van der Waals surface area contributed by atoms with Crippen molar-refractivity contribution in [1.82, 2.24) is 14.7 Å². The summed E-state index contributed by atoms with van der Waals surface area (Å²) in [5.41, 5.74) is 1.86. The van der Waals surface area contributed by atoms with Gasteiger partial charge in [-0.3, -0.25) is 9.69 Å². The van der Waals surface area contributed by atoms with E-state index in [0.717, 1.165) is 29.5 Å². The molecule has 25 heavy (non-hydrogen) atoms. The summed E-state index contributed by atoms with van der Waals surface area (Å²) in [6, 6.07) is 10.2. The number of amides is 1. The number of carbonyl (C=O) groups is 1. The Labute approximate surface area is 153 Å². The normalized spacial score (nSPS) is 22.5. The molecule has 1 saturated heterocycles. The summed E-state index contributed by atoms with van der Waals surface area (Å²) in [7, 11) is 0. The Morgan fingerprint density at radius 2 is 2.20 bits per heavy atom. The van der Waals surface area contributed by atoms with Crippen LogP contribution in [0.2, 0.25) is 5.02 Å². The molecular formula is C19H23ClN4O. The number of fused-ring (bicyclic) bond motifs is 2. The largest absolute Gasteiger partial charge is 0.310 e. The second-order valence-corrected chi connectivity index (χ2v) is 7.64. The molecule has 2 aliphatic rings. The zero-order valence-corrected chi connectivity index (χ0v) is 15.2. The number of nitrogens with one attached hydrogen (secondary N) is 1. The van der Waals surface area contributed by atoms with Crippen molar-refractivity contribution in [2.45, 2.75) is 38.8 Å². The van der Waals surface area contributed by atoms with Crippen LogP contribution in [0.4, 0.5) is 5.82 Å². The van der Waals surface area contributed by atoms with E-state index in [0.29, 0.717) is 24.2 Å². The minimum atomic E-state index is 0.0351. The molecule has 2 atom stereocenters. The van der Waals surface area contributed by atoms with Gasteiger partial charge in [-0.2, -0.15) is 5.10 Å². The third-order valence-corrected chi connectivity index (χ3v) is 5.69. The van der Waals surface area contributed by atoms with Crippen molar-refractivity contribution in [1.29, 1.82) is 0 Å². The Balaban J connectivity index is 1.43. The fraction of sp³-hybridized carbons (Fsp3) is 0.474. The van der Waals surface area contributed by atoms with Gasteiger partial charge in [0.2, 0.25) is 5.91 Å². The van der Waals surface area contributed by atoms with Crippen LogP contribution in [0.1, 0.15) is 30.5 Å². The molecule has 132 valence electrons. The van der Waals surface area contributed by atoms with E-state index in [1.54, 1.807) is 0 Å². The molecule has 2 bridgehead atoms. The van der Waals surface area contributed by atoms with Crippen LogP contribution >= 0.6 is 11.6 Å². The highest BCUT2D eigenvalue weighted by molar-refractivity contribution is 6.31. The maximum Gasteiger partial charge on any atom is 0.239 e. The number of carbonyl (C=O) groups excluding carboxylic acids is 1. The van der Waals surface area contributed by atoms with Gasteiger partial charge in [-0.1, -0.05) is 29.8 Å². The van der Waals surface area contributed by atoms with Crippen LogP contribution in [-0.2, 0) is 11.3 Å². The second kappa shape index (κ2) is 6.81. The molecular weight excluding hydrogens is 336 g/mol. The van der Waals surface area contributed by atoms with Crippen LogP contribution in [0.3, 0.4) is 0 Å². The first-order valence-electron chi connectivity index (χ1n) is 8.90. The number of aryl methyl sites for hydroxylation is 1. The molecule has 4 rings (SSSR count). The Hall–Kier alpha value is -1.85. The maximum atomic E-state index is 12.5. The number of piperidine rings is 1. The number of rotatable bonds is 5. The molecule has 1 aliphatic heterocycles. The maximum absolute atomic E-state index is 12.5. The Morgan fingerprint density at radius 1 is 1.36 bits per heavy atom. The molecule has 0 unspecified atom stereocenters. The predicted molar refractivity (Wildman–Crippen MR) is 98.8 cm³/mol. The first-order chi connectivity index (χ1) is 12.1. The Morgan fingerprint density at radius 3 is 2.92 bits per heavy atom. The van der Waals surface area contributed by atoms with Gasteiger partial charge < -0.3 is 5.32 Å². The van der Waals surface area contributed by atoms with Crippen LogP contribution in [0.5, 0.6) is 0 Å². The van der Waals surface area contributed by atoms with Crippen molar-refractivity contribution >= 4 is 23.3 Å². The number of hydrogen-bond donors (Lipinski definition) is 1. The van der Waals surface area contributed by atoms with Crippen LogP contribution < -0.4 is 5.32 Å². The van der Waals surface area contributed by atoms with E-state index in [9.17, 15) is 4.79 Å². The highest BCUT2D eigenvalue weighted by Gasteiger charge is 2.38. The minimum Gasteiger partial charge on any atom is -0.310 e. The van der Waals surface area contributed by atoms with Crippen molar-refractivity contribution in [3.05, 3.63) is 46.6 Å². The molecule has 0 radical (unpaired) electrons. The van der Waals surface area contributed by atoms with Gasteiger partial charge in [0.15, 0.2) is 0 Å². The van der Waals surface area contributed by atoms with Gasteiger partial charge in [0.1, 0.15) is 5.82 Å². The topological polar surface area (TPSA) is 50.2 Å². The van der Waals surface area contributed by atoms with Gasteiger partial charge in [-0.15, -0.1) is 0 Å². The lowest BCUT2D eigenvalue weighted by Crippen LogP contribution is -2.38. The van der Waals surface area contributed by atoms with Crippen molar-refractivity contribution in [2.75, 3.05) is 18.4 Å². The molecule has 2 fully saturated rings. The van der Waals surface area contributed by atoms with E-state index in [2.05, 4.69) is 15.3 Å². The summed E-state index contributed by atoms with van der Waals surface area (Å²) >= 11 is 6.25. The summed E-state index contributed by atoms with van der Waals surface area (Å²) in [5.74, 6) is 1.56. The van der Waals surface area contributed by atoms with E-state index in [4.69, 9.17) is 11.6 Å². The summed E-state index contributed by atoms with van der Waals surface area (Å²) in [6.45, 7) is 4.00. The van der Waals surface area contributed by atoms with Crippen LogP contribution in [0, 0.1) is 12.8 Å². The molecule has 1 amide bonds. The van der Waals surface area contributed by atoms with Gasteiger partial charge in [-0.05, 0) is 43.7 Å². The standard InChI is InChI=1S/C19H23ClN4O/c1-13-8-18(24(22-13)11-15-4-2-3-5-17(15)20)21-19(25)12-23-10-14-6-7-16(23)9-14/h2-5,8,14,16H,6-7,9-12H2,1H3,(H,21,25)/t14-,16+/m1/s1. The summed E-state index contributed by atoms with van der Waals surface area (Å²) in [4.78, 5) is 14.8. The zero-order valence-electron chi connectivity index (χ0n) is 14.4. The highest BCUT2D eigenvalue weighted by atomic mass is 35.5. The molecule has 1 aromatic heterocycles. The lowest BCUT2D eigenvalue weighted by molar-refractivity contribution is -0.117. The van der Waals surface area contributed by atoms with Gasteiger partial charge >= 0.3 is 0 Å². The van der Waals surface area contributed by atoms with E-state index in [1.807, 2.05) is 41.9 Å². The van der Waals surface area contributed by atoms with Crippen molar-refractivity contribution < 1.29 is 4.79 Å². The number of hydrogen-bond acceptors (Lipinski definition) is 3. The third-order valence-electron chi connectivity index (χ3n) is 5.32. The fourth-order valence-electron chi connectivity index (χ4n) is 4.14. The molecule has 0 spiro atoms. The molecule has 2 aromatic rings. The first kappa shape index (κ1) is 16.6. The quantitative estimate of drug-likeness (QED) is 0.892. The molecule has 1 saturated carbocycles. The van der Waals surface area contributed by atoms with E-state index < -0.39 is 0 Å². The molecule has 1 aromatic carbocycles. The fourth-order valence-corrected chi connectivity index (χ4v) is 4.34. The third kappa shape index (κ3) is 3.58. The van der Waals surface area contributed by atoms with Gasteiger partial charge in [0.25, 0.3) is 0 Å². The molecule has 1 N–H and O–H groups in total. The van der Waals surface area contributed by atoms with Crippen molar-refractivity contribution in [3.8, 4) is 0 Å². The van der Waals surface area contributed by atoms with Crippen LogP contribution in [0.25, 0.3) is 0 Å². The van der Waals surface area contributed by atoms with Crippen LogP contribution in [-0.4, -0.2) is 39.7 Å². The average molecular weight is 359 g/mol. The zero-order chi connectivity index (χ0) is 17.4. The van der Waals surface area contributed by atoms with Crippen molar-refractivity contribution in [3.63, 3.8) is 0 Å². The lowest BCUT2D eigenvalue weighted by atomic mass is 10.1. The Kier molecular flexibility index (Phi) is 4.52. The SMILES string of the molecule is Cc1cc(NC(=O)CN2C[C@@H]3CC[C@H]2C3)n(Cc2ccccc2Cl)n1. The first-order valence-corrected chi connectivity index (χ1v) is 9.28. The van der Waals surface area contributed by atoms with E-state index >= 15 is 0 Å². The predicted octanol–water partition coefficient (Wildman–Crippen LogP) is 3.32. The van der Waals surface area contributed by atoms with Crippen molar-refractivity contribution in [2.24, 2.45) is 5.92 Å². The molecule has 6 heteroatoms. The number of nitrogens with zero attached hydrogens (tertiary/aromatic N) is 3. The number of halogens is 1. The summed E-state index contributed by atoms with van der Waals surface area (Å²) < 4.78 is 1.81. The molecule has 2 heterocycles. The highest BCUT2D eigenvalue weighted by Crippen LogP contribution is 2.37. The lowest BCUT2D eigenvalue weighted by Gasteiger charge is -2.25. The minimum absolute atomic E-state index is 0.0351. The molecule has 5 nitrogen and oxygen atoms in total. The van der Waals surface area contributed by atoms with Gasteiger partial charge in [0.05, 0.1) is 18.8 Å². The monoisotopic (exact) mass is 358 g/mol. The second-order valence-electron chi connectivity index (χ2n) is 7.23. The number of benzene rings is 1. The van der Waals surface area contributed by atoms with Gasteiger partial charge in [-0.25, -0.2) is 4.68 Å².